The summed E-state index contributed by atoms with van der Waals surface area (Å²) in [7, 11) is 0. The van der Waals surface area contributed by atoms with Crippen LogP contribution >= 0.6 is 25.3 Å². The highest BCUT2D eigenvalue weighted by Crippen LogP contribution is 2.64. The minimum Gasteiger partial charge on any atom is -0.390 e. The predicted molar refractivity (Wildman–Crippen MR) is 61.0 cm³/mol. The Balaban J connectivity index is 2.08. The molecule has 80 valence electrons. The molecular formula is C10H16O2S2. The Morgan fingerprint density at radius 3 is 1.29 bits per heavy atom. The maximum absolute atomic E-state index is 10.3. The molecule has 2 nitrogen and oxygen atoms in total. The van der Waals surface area contributed by atoms with E-state index < -0.39 is 11.2 Å². The first-order chi connectivity index (χ1) is 6.24. The molecule has 4 aliphatic carbocycles. The molecule has 4 aliphatic rings. The van der Waals surface area contributed by atoms with Gasteiger partial charge in [-0.15, -0.1) is 0 Å². The summed E-state index contributed by atoms with van der Waals surface area (Å²) in [6.45, 7) is 0. The lowest BCUT2D eigenvalue weighted by Gasteiger charge is -2.65. The van der Waals surface area contributed by atoms with E-state index >= 15 is 0 Å². The molecule has 0 aromatic rings. The van der Waals surface area contributed by atoms with Gasteiger partial charge in [0, 0.05) is 15.9 Å². The monoisotopic (exact) mass is 232 g/mol. The predicted octanol–water partition coefficient (Wildman–Crippen LogP) is 1.17. The smallest absolute Gasteiger partial charge is 0.0701 e. The molecule has 0 aromatic heterocycles. The largest absolute Gasteiger partial charge is 0.390 e. The Kier molecular flexibility index (Phi) is 1.62. The Morgan fingerprint density at radius 1 is 0.643 bits per heavy atom. The summed E-state index contributed by atoms with van der Waals surface area (Å²) < 4.78 is -0.389. The summed E-state index contributed by atoms with van der Waals surface area (Å²) >= 11 is 9.29. The molecule has 4 fully saturated rings. The zero-order chi connectivity index (χ0) is 10.2. The van der Waals surface area contributed by atoms with Crippen LogP contribution in [-0.4, -0.2) is 30.9 Å². The number of hydrogen-bond donors (Lipinski definition) is 4. The standard InChI is InChI=1S/C10H16O2S2/c11-7-1-8(12)4-9(13,2-7)6-10(14,3-7)5-8/h11-14H,1-6H2. The van der Waals surface area contributed by atoms with Crippen molar-refractivity contribution in [1.29, 1.82) is 0 Å². The summed E-state index contributed by atoms with van der Waals surface area (Å²) in [5.74, 6) is 0. The maximum Gasteiger partial charge on any atom is 0.0701 e. The SMILES string of the molecule is OC12CC3(O)CC(S)(C1)CC(S)(C2)C3. The van der Waals surface area contributed by atoms with Crippen molar-refractivity contribution in [3.63, 3.8) is 0 Å². The van der Waals surface area contributed by atoms with E-state index in [4.69, 9.17) is 0 Å². The molecule has 0 aromatic carbocycles. The van der Waals surface area contributed by atoms with Gasteiger partial charge in [-0.1, -0.05) is 0 Å². The summed E-state index contributed by atoms with van der Waals surface area (Å²) in [6.07, 6.45) is 4.30. The van der Waals surface area contributed by atoms with E-state index in [0.29, 0.717) is 32.1 Å². The van der Waals surface area contributed by atoms with Crippen LogP contribution in [0.5, 0.6) is 0 Å². The summed E-state index contributed by atoms with van der Waals surface area (Å²) in [6, 6.07) is 0. The fraction of sp³-hybridized carbons (Fsp3) is 1.00. The van der Waals surface area contributed by atoms with E-state index in [-0.39, 0.29) is 9.49 Å². The van der Waals surface area contributed by atoms with Crippen LogP contribution in [0.4, 0.5) is 0 Å². The second-order valence-electron chi connectivity index (χ2n) is 5.96. The molecule has 0 spiro atoms. The molecule has 14 heavy (non-hydrogen) atoms. The van der Waals surface area contributed by atoms with Gasteiger partial charge in [0.25, 0.3) is 0 Å². The summed E-state index contributed by atoms with van der Waals surface area (Å²) in [5.41, 5.74) is -1.43. The van der Waals surface area contributed by atoms with E-state index in [1.807, 2.05) is 0 Å². The minimum atomic E-state index is -0.715. The van der Waals surface area contributed by atoms with Crippen molar-refractivity contribution in [2.45, 2.75) is 59.2 Å². The van der Waals surface area contributed by atoms with Crippen LogP contribution in [0.25, 0.3) is 0 Å². The first-order valence-electron chi connectivity index (χ1n) is 5.14. The fourth-order valence-corrected chi connectivity index (χ4v) is 6.33. The molecule has 0 atom stereocenters. The van der Waals surface area contributed by atoms with E-state index in [9.17, 15) is 10.2 Å². The first-order valence-corrected chi connectivity index (χ1v) is 6.03. The van der Waals surface area contributed by atoms with Crippen molar-refractivity contribution in [2.75, 3.05) is 0 Å². The number of aliphatic hydroxyl groups is 2. The van der Waals surface area contributed by atoms with Gasteiger partial charge in [0.05, 0.1) is 11.2 Å². The Hall–Kier alpha value is 0.620. The van der Waals surface area contributed by atoms with E-state index in [2.05, 4.69) is 25.3 Å². The van der Waals surface area contributed by atoms with Gasteiger partial charge in [0.1, 0.15) is 0 Å². The van der Waals surface area contributed by atoms with Crippen LogP contribution < -0.4 is 0 Å². The third kappa shape index (κ3) is 1.27. The zero-order valence-electron chi connectivity index (χ0n) is 8.03. The first kappa shape index (κ1) is 9.82. The molecule has 0 saturated heterocycles. The van der Waals surface area contributed by atoms with Gasteiger partial charge in [-0.25, -0.2) is 0 Å². The van der Waals surface area contributed by atoms with Gasteiger partial charge in [0.15, 0.2) is 0 Å². The average Bonchev–Trinajstić information content (AvgIpc) is 1.67. The number of thiol groups is 2. The molecule has 4 bridgehead atoms. The van der Waals surface area contributed by atoms with Crippen molar-refractivity contribution in [3.05, 3.63) is 0 Å². The number of hydrogen-bond acceptors (Lipinski definition) is 4. The lowest BCUT2D eigenvalue weighted by atomic mass is 9.51. The molecule has 2 N–H and O–H groups in total. The van der Waals surface area contributed by atoms with Gasteiger partial charge < -0.3 is 10.2 Å². The second kappa shape index (κ2) is 2.31. The Morgan fingerprint density at radius 2 is 1.00 bits per heavy atom. The van der Waals surface area contributed by atoms with Gasteiger partial charge in [-0.2, -0.15) is 25.3 Å². The average molecular weight is 232 g/mol. The van der Waals surface area contributed by atoms with Crippen LogP contribution in [0.1, 0.15) is 38.5 Å². The Bertz CT molecular complexity index is 209. The van der Waals surface area contributed by atoms with Crippen molar-refractivity contribution in [1.82, 2.24) is 0 Å². The lowest BCUT2D eigenvalue weighted by molar-refractivity contribution is -0.180. The van der Waals surface area contributed by atoms with E-state index in [1.165, 1.54) is 0 Å². The highest BCUT2D eigenvalue weighted by Gasteiger charge is 2.66. The summed E-state index contributed by atoms with van der Waals surface area (Å²) in [4.78, 5) is 0. The van der Waals surface area contributed by atoms with Gasteiger partial charge in [-0.05, 0) is 32.1 Å². The lowest BCUT2D eigenvalue weighted by Crippen LogP contribution is -2.68. The topological polar surface area (TPSA) is 40.5 Å². The highest BCUT2D eigenvalue weighted by molar-refractivity contribution is 7.83. The minimum absolute atomic E-state index is 0.194. The number of rotatable bonds is 0. The zero-order valence-corrected chi connectivity index (χ0v) is 9.82. The normalized spacial score (nSPS) is 66.0. The molecular weight excluding hydrogens is 216 g/mol. The summed E-state index contributed by atoms with van der Waals surface area (Å²) in [5, 5.41) is 20.7. The second-order valence-corrected chi connectivity index (χ2v) is 7.86. The third-order valence-corrected chi connectivity index (χ3v) is 4.90. The van der Waals surface area contributed by atoms with Crippen LogP contribution in [0, 0.1) is 0 Å². The van der Waals surface area contributed by atoms with Crippen molar-refractivity contribution < 1.29 is 10.2 Å². The molecule has 4 rings (SSSR count). The molecule has 0 heterocycles. The van der Waals surface area contributed by atoms with Gasteiger partial charge >= 0.3 is 0 Å². The van der Waals surface area contributed by atoms with Crippen LogP contribution in [-0.2, 0) is 0 Å². The Labute approximate surface area is 94.9 Å². The molecule has 0 amide bonds. The molecule has 0 unspecified atom stereocenters. The van der Waals surface area contributed by atoms with E-state index in [1.54, 1.807) is 0 Å². The van der Waals surface area contributed by atoms with E-state index in [0.717, 1.165) is 6.42 Å². The van der Waals surface area contributed by atoms with Crippen molar-refractivity contribution >= 4 is 25.3 Å². The van der Waals surface area contributed by atoms with Crippen LogP contribution in [0.2, 0.25) is 0 Å². The molecule has 4 saturated carbocycles. The van der Waals surface area contributed by atoms with Crippen molar-refractivity contribution in [2.24, 2.45) is 0 Å². The third-order valence-electron chi connectivity index (χ3n) is 3.95. The fourth-order valence-electron chi connectivity index (χ4n) is 4.43. The quantitative estimate of drug-likeness (QED) is 0.474. The van der Waals surface area contributed by atoms with Gasteiger partial charge in [0.2, 0.25) is 0 Å². The maximum atomic E-state index is 10.3. The van der Waals surface area contributed by atoms with Crippen molar-refractivity contribution in [3.8, 4) is 0 Å². The van der Waals surface area contributed by atoms with Crippen LogP contribution in [0.15, 0.2) is 0 Å². The molecule has 0 aliphatic heterocycles. The van der Waals surface area contributed by atoms with Crippen LogP contribution in [0.3, 0.4) is 0 Å². The molecule has 0 radical (unpaired) electrons. The highest BCUT2D eigenvalue weighted by atomic mass is 32.1. The van der Waals surface area contributed by atoms with Gasteiger partial charge in [-0.3, -0.25) is 0 Å². The molecule has 4 heteroatoms.